The van der Waals surface area contributed by atoms with Crippen LogP contribution in [0.4, 0.5) is 10.1 Å². The van der Waals surface area contributed by atoms with Crippen molar-refractivity contribution in [2.45, 2.75) is 26.9 Å². The summed E-state index contributed by atoms with van der Waals surface area (Å²) in [5, 5.41) is 2.73. The molecule has 6 heteroatoms. The highest BCUT2D eigenvalue weighted by atomic mass is 19.1. The Hall–Kier alpha value is -3.28. The van der Waals surface area contributed by atoms with Crippen LogP contribution >= 0.6 is 0 Å². The van der Waals surface area contributed by atoms with Gasteiger partial charge >= 0.3 is 5.97 Å². The topological polar surface area (TPSA) is 72.5 Å². The SMILES string of the molecule is CC(C)C(=O)Nc1ccc(C(=O)[C@@H](C)OC(=O)/C=C/c2ccccc2F)cc1. The van der Waals surface area contributed by atoms with Crippen LogP contribution in [0, 0.1) is 11.7 Å². The Morgan fingerprint density at radius 2 is 1.64 bits per heavy atom. The molecule has 0 heterocycles. The molecule has 0 saturated carbocycles. The highest BCUT2D eigenvalue weighted by molar-refractivity contribution is 6.01. The van der Waals surface area contributed by atoms with Crippen molar-refractivity contribution in [1.82, 2.24) is 0 Å². The van der Waals surface area contributed by atoms with Crippen LogP contribution in [0.2, 0.25) is 0 Å². The van der Waals surface area contributed by atoms with Gasteiger partial charge in [0.05, 0.1) is 0 Å². The predicted octanol–water partition coefficient (Wildman–Crippen LogP) is 4.25. The number of ketones is 1. The second-order valence-electron chi connectivity index (χ2n) is 6.52. The number of carbonyl (C=O) groups excluding carboxylic acids is 3. The number of carbonyl (C=O) groups is 3. The molecule has 1 N–H and O–H groups in total. The van der Waals surface area contributed by atoms with Gasteiger partial charge in [-0.05, 0) is 43.3 Å². The Morgan fingerprint density at radius 3 is 2.25 bits per heavy atom. The zero-order valence-electron chi connectivity index (χ0n) is 15.9. The molecule has 0 bridgehead atoms. The Kier molecular flexibility index (Phi) is 7.21. The number of nitrogens with one attached hydrogen (secondary N) is 1. The van der Waals surface area contributed by atoms with Gasteiger partial charge < -0.3 is 10.1 Å². The van der Waals surface area contributed by atoms with Crippen molar-refractivity contribution in [2.75, 3.05) is 5.32 Å². The first-order valence-electron chi connectivity index (χ1n) is 8.86. The first-order chi connectivity index (χ1) is 13.3. The lowest BCUT2D eigenvalue weighted by molar-refractivity contribution is -0.140. The molecule has 146 valence electrons. The Bertz CT molecular complexity index is 888. The number of rotatable bonds is 7. The van der Waals surface area contributed by atoms with Crippen LogP contribution in [-0.2, 0) is 14.3 Å². The fraction of sp³-hybridized carbons (Fsp3) is 0.227. The summed E-state index contributed by atoms with van der Waals surface area (Å²) in [5.74, 6) is -1.86. The molecule has 0 aliphatic rings. The maximum absolute atomic E-state index is 13.5. The zero-order chi connectivity index (χ0) is 20.7. The number of hydrogen-bond acceptors (Lipinski definition) is 4. The summed E-state index contributed by atoms with van der Waals surface area (Å²) >= 11 is 0. The molecule has 0 spiro atoms. The summed E-state index contributed by atoms with van der Waals surface area (Å²) in [4.78, 5) is 36.0. The van der Waals surface area contributed by atoms with E-state index in [9.17, 15) is 18.8 Å². The molecule has 2 aromatic rings. The van der Waals surface area contributed by atoms with E-state index in [4.69, 9.17) is 4.74 Å². The molecule has 2 rings (SSSR count). The number of benzene rings is 2. The zero-order valence-corrected chi connectivity index (χ0v) is 15.9. The Labute approximate surface area is 163 Å². The third-order valence-electron chi connectivity index (χ3n) is 3.93. The van der Waals surface area contributed by atoms with Crippen molar-refractivity contribution in [3.63, 3.8) is 0 Å². The molecule has 0 aromatic heterocycles. The smallest absolute Gasteiger partial charge is 0.331 e. The van der Waals surface area contributed by atoms with E-state index in [1.165, 1.54) is 25.1 Å². The van der Waals surface area contributed by atoms with E-state index >= 15 is 0 Å². The van der Waals surface area contributed by atoms with Gasteiger partial charge in [-0.3, -0.25) is 9.59 Å². The molecule has 2 aromatic carbocycles. The second kappa shape index (κ2) is 9.60. The minimum absolute atomic E-state index is 0.122. The van der Waals surface area contributed by atoms with Crippen LogP contribution in [-0.4, -0.2) is 23.8 Å². The summed E-state index contributed by atoms with van der Waals surface area (Å²) < 4.78 is 18.6. The van der Waals surface area contributed by atoms with E-state index in [0.717, 1.165) is 6.08 Å². The molecular formula is C22H22FNO4. The average molecular weight is 383 g/mol. The number of hydrogen-bond donors (Lipinski definition) is 1. The second-order valence-corrected chi connectivity index (χ2v) is 6.52. The molecule has 0 unspecified atom stereocenters. The van der Waals surface area contributed by atoms with Gasteiger partial charge in [-0.1, -0.05) is 32.0 Å². The van der Waals surface area contributed by atoms with Crippen LogP contribution < -0.4 is 5.32 Å². The molecule has 0 saturated heterocycles. The third kappa shape index (κ3) is 5.87. The van der Waals surface area contributed by atoms with Crippen molar-refractivity contribution in [3.05, 3.63) is 71.6 Å². The predicted molar refractivity (Wildman–Crippen MR) is 105 cm³/mol. The summed E-state index contributed by atoms with van der Waals surface area (Å²) in [6.07, 6.45) is 1.36. The standard InChI is InChI=1S/C22H22FNO4/c1-14(2)22(27)24-18-11-8-17(9-12-18)21(26)15(3)28-20(25)13-10-16-6-4-5-7-19(16)23/h4-15H,1-3H3,(H,24,27)/b13-10+/t15-/m1/s1. The van der Waals surface area contributed by atoms with E-state index in [1.807, 2.05) is 0 Å². The van der Waals surface area contributed by atoms with Crippen LogP contribution in [0.25, 0.3) is 6.08 Å². The molecular weight excluding hydrogens is 361 g/mol. The van der Waals surface area contributed by atoms with Crippen molar-refractivity contribution in [2.24, 2.45) is 5.92 Å². The molecule has 0 radical (unpaired) electrons. The van der Waals surface area contributed by atoms with E-state index in [1.54, 1.807) is 50.2 Å². The van der Waals surface area contributed by atoms with E-state index in [0.29, 0.717) is 11.3 Å². The quantitative estimate of drug-likeness (QED) is 0.441. The molecule has 5 nitrogen and oxygen atoms in total. The number of anilines is 1. The summed E-state index contributed by atoms with van der Waals surface area (Å²) in [6, 6.07) is 12.3. The minimum Gasteiger partial charge on any atom is -0.451 e. The first-order valence-corrected chi connectivity index (χ1v) is 8.86. The highest BCUT2D eigenvalue weighted by Crippen LogP contribution is 2.14. The number of halogens is 1. The first kappa shape index (κ1) is 21.0. The fourth-order valence-electron chi connectivity index (χ4n) is 2.27. The fourth-order valence-corrected chi connectivity index (χ4v) is 2.27. The molecule has 0 aliphatic heterocycles. The van der Waals surface area contributed by atoms with Gasteiger partial charge in [-0.25, -0.2) is 9.18 Å². The van der Waals surface area contributed by atoms with Crippen molar-refractivity contribution >= 4 is 29.4 Å². The van der Waals surface area contributed by atoms with Gasteiger partial charge in [0.25, 0.3) is 0 Å². The van der Waals surface area contributed by atoms with Crippen molar-refractivity contribution < 1.29 is 23.5 Å². The number of ether oxygens (including phenoxy) is 1. The van der Waals surface area contributed by atoms with Crippen LogP contribution in [0.3, 0.4) is 0 Å². The van der Waals surface area contributed by atoms with Crippen LogP contribution in [0.5, 0.6) is 0 Å². The van der Waals surface area contributed by atoms with Gasteiger partial charge in [0.1, 0.15) is 5.82 Å². The maximum atomic E-state index is 13.5. The van der Waals surface area contributed by atoms with Crippen molar-refractivity contribution in [1.29, 1.82) is 0 Å². The number of esters is 1. The lowest BCUT2D eigenvalue weighted by Gasteiger charge is -2.12. The Balaban J connectivity index is 1.95. The lowest BCUT2D eigenvalue weighted by Crippen LogP contribution is -2.23. The number of amides is 1. The summed E-state index contributed by atoms with van der Waals surface area (Å²) in [6.45, 7) is 5.03. The Morgan fingerprint density at radius 1 is 1.00 bits per heavy atom. The van der Waals surface area contributed by atoms with Gasteiger partial charge in [0, 0.05) is 28.8 Å². The maximum Gasteiger partial charge on any atom is 0.331 e. The molecule has 0 aliphatic carbocycles. The van der Waals surface area contributed by atoms with E-state index < -0.39 is 17.9 Å². The average Bonchev–Trinajstić information content (AvgIpc) is 2.67. The minimum atomic E-state index is -1.01. The molecule has 28 heavy (non-hydrogen) atoms. The number of Topliss-reactive ketones (excluding diaryl/α,β-unsaturated/α-hetero) is 1. The van der Waals surface area contributed by atoms with Gasteiger partial charge in [-0.2, -0.15) is 0 Å². The largest absolute Gasteiger partial charge is 0.451 e. The molecule has 0 fully saturated rings. The summed E-state index contributed by atoms with van der Waals surface area (Å²) in [7, 11) is 0. The van der Waals surface area contributed by atoms with Crippen LogP contribution in [0.15, 0.2) is 54.6 Å². The van der Waals surface area contributed by atoms with Gasteiger partial charge in [-0.15, -0.1) is 0 Å². The van der Waals surface area contributed by atoms with Gasteiger partial charge in [0.15, 0.2) is 6.10 Å². The molecule has 1 atom stereocenters. The van der Waals surface area contributed by atoms with Crippen molar-refractivity contribution in [3.8, 4) is 0 Å². The monoisotopic (exact) mass is 383 g/mol. The molecule has 1 amide bonds. The summed E-state index contributed by atoms with van der Waals surface area (Å²) in [5.41, 5.74) is 1.17. The highest BCUT2D eigenvalue weighted by Gasteiger charge is 2.18. The van der Waals surface area contributed by atoms with E-state index in [2.05, 4.69) is 5.32 Å². The van der Waals surface area contributed by atoms with Crippen LogP contribution in [0.1, 0.15) is 36.7 Å². The van der Waals surface area contributed by atoms with E-state index in [-0.39, 0.29) is 23.2 Å². The lowest BCUT2D eigenvalue weighted by atomic mass is 10.1. The van der Waals surface area contributed by atoms with Gasteiger partial charge in [0.2, 0.25) is 11.7 Å². The normalized spacial score (nSPS) is 12.0. The third-order valence-corrected chi connectivity index (χ3v) is 3.93.